The first-order valence-corrected chi connectivity index (χ1v) is 17.1. The van der Waals surface area contributed by atoms with Gasteiger partial charge in [-0.2, -0.15) is 5.10 Å². The number of rotatable bonds is 12. The molecule has 4 N–H and O–H groups in total. The van der Waals surface area contributed by atoms with Gasteiger partial charge in [-0.15, -0.1) is 0 Å². The van der Waals surface area contributed by atoms with Crippen molar-refractivity contribution in [2.45, 2.75) is 50.9 Å². The van der Waals surface area contributed by atoms with Gasteiger partial charge in [0.15, 0.2) is 5.65 Å². The number of ether oxygens (including phenoxy) is 1. The second kappa shape index (κ2) is 14.5. The molecule has 0 saturated carbocycles. The average molecular weight is 700 g/mol. The van der Waals surface area contributed by atoms with E-state index in [1.165, 1.54) is 0 Å². The fourth-order valence-electron chi connectivity index (χ4n) is 6.44. The second-order valence-electron chi connectivity index (χ2n) is 12.3. The molecule has 2 saturated heterocycles. The molecule has 0 spiro atoms. The molecule has 2 fully saturated rings. The zero-order chi connectivity index (χ0) is 33.9. The van der Waals surface area contributed by atoms with Crippen molar-refractivity contribution in [3.8, 4) is 39.4 Å². The van der Waals surface area contributed by atoms with Crippen molar-refractivity contribution < 1.29 is 14.3 Å². The number of methoxy groups -OCH3 is 1. The Kier molecular flexibility index (Phi) is 9.77. The summed E-state index contributed by atoms with van der Waals surface area (Å²) in [5.41, 5.74) is 7.22. The van der Waals surface area contributed by atoms with Crippen molar-refractivity contribution >= 4 is 40.7 Å². The van der Waals surface area contributed by atoms with Gasteiger partial charge in [0, 0.05) is 102 Å². The van der Waals surface area contributed by atoms with Crippen LogP contribution in [-0.2, 0) is 22.7 Å². The highest BCUT2D eigenvalue weighted by Gasteiger charge is 2.22. The summed E-state index contributed by atoms with van der Waals surface area (Å²) in [7, 11) is 1.60. The van der Waals surface area contributed by atoms with E-state index in [2.05, 4.69) is 26.4 Å². The van der Waals surface area contributed by atoms with Crippen molar-refractivity contribution in [3.63, 3.8) is 0 Å². The first-order valence-electron chi connectivity index (χ1n) is 16.3. The van der Waals surface area contributed by atoms with Crippen LogP contribution in [0.2, 0.25) is 10.0 Å². The third kappa shape index (κ3) is 7.11. The highest BCUT2D eigenvalue weighted by Crippen LogP contribution is 2.42. The molecule has 0 unspecified atom stereocenters. The molecule has 0 aliphatic carbocycles. The van der Waals surface area contributed by atoms with E-state index in [0.717, 1.165) is 57.4 Å². The van der Waals surface area contributed by atoms with Crippen molar-refractivity contribution in [2.75, 3.05) is 20.2 Å². The number of nitrogens with one attached hydrogen (secondary N) is 4. The van der Waals surface area contributed by atoms with Crippen molar-refractivity contribution in [1.82, 2.24) is 40.8 Å². The number of pyridine rings is 1. The third-order valence-electron chi connectivity index (χ3n) is 9.02. The summed E-state index contributed by atoms with van der Waals surface area (Å²) < 4.78 is 7.40. The van der Waals surface area contributed by atoms with E-state index < -0.39 is 0 Å². The van der Waals surface area contributed by atoms with Crippen LogP contribution in [0.15, 0.2) is 67.1 Å². The summed E-state index contributed by atoms with van der Waals surface area (Å²) >= 11 is 14.2. The number of hydrogen-bond donors (Lipinski definition) is 4. The van der Waals surface area contributed by atoms with E-state index in [1.807, 2.05) is 54.7 Å². The minimum absolute atomic E-state index is 0.0995. The summed E-state index contributed by atoms with van der Waals surface area (Å²) in [5.74, 6) is 0.711. The zero-order valence-electron chi connectivity index (χ0n) is 26.9. The quantitative estimate of drug-likeness (QED) is 0.140. The van der Waals surface area contributed by atoms with Crippen molar-refractivity contribution in [3.05, 3.63) is 88.3 Å². The maximum atomic E-state index is 11.5. The van der Waals surface area contributed by atoms with Gasteiger partial charge in [-0.1, -0.05) is 65.7 Å². The Morgan fingerprint density at radius 2 is 1.43 bits per heavy atom. The Morgan fingerprint density at radius 1 is 0.816 bits per heavy atom. The van der Waals surface area contributed by atoms with Crippen LogP contribution >= 0.6 is 23.2 Å². The van der Waals surface area contributed by atoms with Gasteiger partial charge in [0.2, 0.25) is 17.7 Å². The van der Waals surface area contributed by atoms with Crippen molar-refractivity contribution in [2.24, 2.45) is 0 Å². The monoisotopic (exact) mass is 698 g/mol. The lowest BCUT2D eigenvalue weighted by molar-refractivity contribution is -0.120. The van der Waals surface area contributed by atoms with Crippen LogP contribution in [0.1, 0.15) is 36.8 Å². The maximum Gasteiger partial charge on any atom is 0.220 e. The molecule has 5 heterocycles. The molecular weight excluding hydrogens is 663 g/mol. The molecule has 2 aromatic carbocycles. The molecule has 2 aliphatic rings. The van der Waals surface area contributed by atoms with Crippen LogP contribution < -0.4 is 26.0 Å². The summed E-state index contributed by atoms with van der Waals surface area (Å²) in [6, 6.07) is 15.9. The topological polar surface area (TPSA) is 135 Å². The summed E-state index contributed by atoms with van der Waals surface area (Å²) in [4.78, 5) is 32.5. The van der Waals surface area contributed by atoms with E-state index in [-0.39, 0.29) is 23.9 Å². The zero-order valence-corrected chi connectivity index (χ0v) is 28.4. The Labute approximate surface area is 293 Å². The number of nitrogens with zero attached hydrogens (tertiary/aromatic N) is 4. The number of carbonyl (C=O) groups excluding carboxylic acids is 2. The van der Waals surface area contributed by atoms with Gasteiger partial charge in [0.1, 0.15) is 0 Å². The predicted molar refractivity (Wildman–Crippen MR) is 189 cm³/mol. The van der Waals surface area contributed by atoms with Gasteiger partial charge in [0.05, 0.1) is 29.0 Å². The van der Waals surface area contributed by atoms with Gasteiger partial charge in [-0.25, -0.2) is 14.5 Å². The predicted octanol–water partition coefficient (Wildman–Crippen LogP) is 5.18. The Bertz CT molecular complexity index is 2030. The summed E-state index contributed by atoms with van der Waals surface area (Å²) in [6.07, 6.45) is 8.36. The Hall–Kier alpha value is -4.55. The largest absolute Gasteiger partial charge is 0.481 e. The number of benzene rings is 2. The summed E-state index contributed by atoms with van der Waals surface area (Å²) in [5, 5.41) is 18.4. The molecule has 3 aromatic heterocycles. The molecule has 252 valence electrons. The number of amides is 2. The smallest absolute Gasteiger partial charge is 0.220 e. The van der Waals surface area contributed by atoms with Crippen molar-refractivity contribution in [1.29, 1.82) is 0 Å². The van der Waals surface area contributed by atoms with Crippen LogP contribution in [0, 0.1) is 0 Å². The van der Waals surface area contributed by atoms with E-state index in [4.69, 9.17) is 37.9 Å². The van der Waals surface area contributed by atoms with Crippen LogP contribution in [0.3, 0.4) is 0 Å². The van der Waals surface area contributed by atoms with Crippen LogP contribution in [0.25, 0.3) is 39.2 Å². The number of carbonyl (C=O) groups is 2. The number of hydrogen-bond acceptors (Lipinski definition) is 8. The lowest BCUT2D eigenvalue weighted by Crippen LogP contribution is -2.35. The van der Waals surface area contributed by atoms with Crippen LogP contribution in [-0.4, -0.2) is 63.7 Å². The SMILES string of the molecule is COc1nc(-c2cccc(-c3cccc(-c4cnc5c(CNC[C@H]6CCC(=O)N6)cnn5c4)c3Cl)c2Cl)ccc1CNC[C@H]1CCC(=O)N1. The average Bonchev–Trinajstić information content (AvgIpc) is 3.84. The maximum absolute atomic E-state index is 11.5. The lowest BCUT2D eigenvalue weighted by atomic mass is 9.97. The van der Waals surface area contributed by atoms with Gasteiger partial charge < -0.3 is 26.0 Å². The molecule has 13 heteroatoms. The molecular formula is C36H36Cl2N8O3. The van der Waals surface area contributed by atoms with E-state index >= 15 is 0 Å². The first-order chi connectivity index (χ1) is 23.9. The minimum atomic E-state index is 0.0995. The third-order valence-corrected chi connectivity index (χ3v) is 9.83. The molecule has 2 atom stereocenters. The molecule has 0 bridgehead atoms. The molecule has 5 aromatic rings. The van der Waals surface area contributed by atoms with E-state index in [9.17, 15) is 9.59 Å². The molecule has 49 heavy (non-hydrogen) atoms. The fourth-order valence-corrected chi connectivity index (χ4v) is 7.10. The normalized spacial score (nSPS) is 17.4. The Balaban J connectivity index is 1.09. The highest BCUT2D eigenvalue weighted by atomic mass is 35.5. The van der Waals surface area contributed by atoms with E-state index in [1.54, 1.807) is 24.0 Å². The van der Waals surface area contributed by atoms with Gasteiger partial charge in [-0.3, -0.25) is 9.59 Å². The van der Waals surface area contributed by atoms with Gasteiger partial charge >= 0.3 is 0 Å². The lowest BCUT2D eigenvalue weighted by Gasteiger charge is -2.15. The molecule has 11 nitrogen and oxygen atoms in total. The molecule has 0 radical (unpaired) electrons. The molecule has 7 rings (SSSR count). The number of fused-ring (bicyclic) bond motifs is 1. The fraction of sp³-hybridized carbons (Fsp3) is 0.306. The standard InChI is InChI=1S/C36H36Cl2N8O3/c1-49-36-21(14-39-18-24-9-12-31(47)43-24)8-11-30(45-36)29-7-3-6-28(34(29)38)27-5-2-4-26(33(27)37)23-16-41-35-22(17-42-46(35)20-23)15-40-19-25-10-13-32(48)44-25/h2-8,11,16-17,20,24-25,39-40H,9-10,12-15,18-19H2,1H3,(H,43,47)(H,44,48)/t24-,25-/m1/s1. The van der Waals surface area contributed by atoms with E-state index in [0.29, 0.717) is 60.6 Å². The highest BCUT2D eigenvalue weighted by molar-refractivity contribution is 6.39. The van der Waals surface area contributed by atoms with Gasteiger partial charge in [0.25, 0.3) is 0 Å². The van der Waals surface area contributed by atoms with Crippen LogP contribution in [0.5, 0.6) is 5.88 Å². The number of halogens is 2. The van der Waals surface area contributed by atoms with Crippen LogP contribution in [0.4, 0.5) is 0 Å². The molecule has 2 aliphatic heterocycles. The first kappa shape index (κ1) is 33.0. The Morgan fingerprint density at radius 3 is 2.06 bits per heavy atom. The summed E-state index contributed by atoms with van der Waals surface area (Å²) in [6.45, 7) is 2.52. The second-order valence-corrected chi connectivity index (χ2v) is 13.1. The number of aromatic nitrogens is 4. The van der Waals surface area contributed by atoms with Gasteiger partial charge in [-0.05, 0) is 18.9 Å². The minimum Gasteiger partial charge on any atom is -0.481 e. The molecule has 2 amide bonds.